The minimum absolute atomic E-state index is 0.0611. The average Bonchev–Trinajstić information content (AvgIpc) is 3.20. The summed E-state index contributed by atoms with van der Waals surface area (Å²) < 4.78 is 12.7. The van der Waals surface area contributed by atoms with Crippen LogP contribution in [-0.2, 0) is 14.7 Å². The van der Waals surface area contributed by atoms with Crippen LogP contribution in [0.4, 0.5) is 0 Å². The lowest BCUT2D eigenvalue weighted by molar-refractivity contribution is 0.00578. The largest absolute Gasteiger partial charge is 0.495 e. The van der Waals surface area contributed by atoms with E-state index in [2.05, 4.69) is 123 Å². The summed E-state index contributed by atoms with van der Waals surface area (Å²) in [4.78, 5) is 0. The Hall–Kier alpha value is -2.66. The molecular weight excluding hydrogens is 539 g/mol. The van der Waals surface area contributed by atoms with E-state index >= 15 is 0 Å². The number of aryl methyl sites for hydroxylation is 3. The SMILES string of the molecule is CCC(CC)(c1ccc(/C=C/C2(O)CCCCC2)c(C)c1)c1ccc(-c2ccc(B3OC(C)(C)C(C)(C)O3)c(C)c2)c(C)c1. The van der Waals surface area contributed by atoms with E-state index in [1.54, 1.807) is 0 Å². The molecule has 1 saturated heterocycles. The van der Waals surface area contributed by atoms with Crippen molar-refractivity contribution in [2.45, 2.75) is 129 Å². The Morgan fingerprint density at radius 3 is 1.89 bits per heavy atom. The van der Waals surface area contributed by atoms with E-state index in [0.29, 0.717) is 0 Å². The molecule has 0 unspecified atom stereocenters. The van der Waals surface area contributed by atoms with Crippen LogP contribution >= 0.6 is 0 Å². The highest BCUT2D eigenvalue weighted by Gasteiger charge is 2.52. The molecule has 3 nitrogen and oxygen atoms in total. The summed E-state index contributed by atoms with van der Waals surface area (Å²) in [6.45, 7) is 19.6. The summed E-state index contributed by atoms with van der Waals surface area (Å²) in [5.74, 6) is 0. The van der Waals surface area contributed by atoms with Crippen LogP contribution in [0.3, 0.4) is 0 Å². The van der Waals surface area contributed by atoms with Gasteiger partial charge in [0, 0.05) is 5.41 Å². The van der Waals surface area contributed by atoms with Crippen molar-refractivity contribution in [1.29, 1.82) is 0 Å². The van der Waals surface area contributed by atoms with Crippen molar-refractivity contribution in [2.75, 3.05) is 0 Å². The van der Waals surface area contributed by atoms with Crippen LogP contribution in [0.5, 0.6) is 0 Å². The van der Waals surface area contributed by atoms with Gasteiger partial charge in [-0.3, -0.25) is 0 Å². The van der Waals surface area contributed by atoms with Crippen molar-refractivity contribution in [3.8, 4) is 11.1 Å². The van der Waals surface area contributed by atoms with Gasteiger partial charge in [-0.05, 0) is 119 Å². The molecule has 3 aromatic rings. The van der Waals surface area contributed by atoms with Gasteiger partial charge in [-0.1, -0.05) is 105 Å². The van der Waals surface area contributed by atoms with Crippen LogP contribution in [-0.4, -0.2) is 29.0 Å². The first kappa shape index (κ1) is 32.7. The molecule has 1 aliphatic heterocycles. The van der Waals surface area contributed by atoms with Crippen LogP contribution in [0.1, 0.15) is 120 Å². The molecule has 2 fully saturated rings. The molecular formula is C40H53BO3. The Kier molecular flexibility index (Phi) is 9.13. The van der Waals surface area contributed by atoms with Gasteiger partial charge >= 0.3 is 7.12 Å². The normalized spacial score (nSPS) is 19.5. The molecule has 0 spiro atoms. The molecule has 1 saturated carbocycles. The van der Waals surface area contributed by atoms with E-state index in [1.165, 1.54) is 50.9 Å². The smallest absolute Gasteiger partial charge is 0.399 e. The third kappa shape index (κ3) is 6.10. The number of benzene rings is 3. The minimum Gasteiger partial charge on any atom is -0.399 e. The Balaban J connectivity index is 1.41. The van der Waals surface area contributed by atoms with Crippen LogP contribution in [0.25, 0.3) is 17.2 Å². The lowest BCUT2D eigenvalue weighted by atomic mass is 9.69. The molecule has 0 amide bonds. The van der Waals surface area contributed by atoms with Crippen LogP contribution in [0, 0.1) is 20.8 Å². The zero-order chi connectivity index (χ0) is 31.9. The van der Waals surface area contributed by atoms with Gasteiger partial charge in [0.05, 0.1) is 16.8 Å². The maximum atomic E-state index is 11.0. The van der Waals surface area contributed by atoms with Crippen LogP contribution < -0.4 is 5.46 Å². The van der Waals surface area contributed by atoms with Gasteiger partial charge in [0.2, 0.25) is 0 Å². The highest BCUT2D eigenvalue weighted by molar-refractivity contribution is 6.62. The highest BCUT2D eigenvalue weighted by atomic mass is 16.7. The summed E-state index contributed by atoms with van der Waals surface area (Å²) in [6.07, 6.45) is 11.4. The third-order valence-corrected chi connectivity index (χ3v) is 11.2. The van der Waals surface area contributed by atoms with Crippen molar-refractivity contribution in [2.24, 2.45) is 0 Å². The Bertz CT molecular complexity index is 1510. The first-order valence-electron chi connectivity index (χ1n) is 16.8. The average molecular weight is 593 g/mol. The highest BCUT2D eigenvalue weighted by Crippen LogP contribution is 2.42. The second-order valence-corrected chi connectivity index (χ2v) is 14.5. The first-order valence-corrected chi connectivity index (χ1v) is 16.8. The molecule has 1 heterocycles. The van der Waals surface area contributed by atoms with Gasteiger partial charge in [0.15, 0.2) is 0 Å². The second kappa shape index (κ2) is 12.3. The molecule has 0 atom stereocenters. The van der Waals surface area contributed by atoms with Gasteiger partial charge in [-0.15, -0.1) is 0 Å². The molecule has 0 radical (unpaired) electrons. The molecule has 0 bridgehead atoms. The van der Waals surface area contributed by atoms with E-state index in [4.69, 9.17) is 9.31 Å². The zero-order valence-electron chi connectivity index (χ0n) is 28.6. The van der Waals surface area contributed by atoms with Gasteiger partial charge < -0.3 is 14.4 Å². The molecule has 4 heteroatoms. The molecule has 0 aromatic heterocycles. The van der Waals surface area contributed by atoms with Gasteiger partial charge in [0.1, 0.15) is 0 Å². The quantitative estimate of drug-likeness (QED) is 0.265. The molecule has 1 N–H and O–H groups in total. The number of aliphatic hydroxyl groups is 1. The number of hydrogen-bond donors (Lipinski definition) is 1. The Morgan fingerprint density at radius 2 is 1.34 bits per heavy atom. The summed E-state index contributed by atoms with van der Waals surface area (Å²) in [5, 5.41) is 11.0. The summed E-state index contributed by atoms with van der Waals surface area (Å²) in [7, 11) is -0.352. The number of hydrogen-bond acceptors (Lipinski definition) is 3. The van der Waals surface area contributed by atoms with Crippen LogP contribution in [0.2, 0.25) is 0 Å². The van der Waals surface area contributed by atoms with E-state index < -0.39 is 5.60 Å². The summed E-state index contributed by atoms with van der Waals surface area (Å²) in [6, 6.07) is 20.6. The van der Waals surface area contributed by atoms with Crippen molar-refractivity contribution >= 4 is 18.7 Å². The standard InChI is InChI=1S/C40H53BO3/c1-10-40(11-2,33-17-15-31(28(3)26-33)21-24-39(42)22-13-12-14-23-39)34-18-19-35(29(4)27-34)32-16-20-36(30(5)25-32)41-43-37(6,7)38(8,9)44-41/h15-21,24-27,42H,10-14,22-23H2,1-9H3/b24-21+. The van der Waals surface area contributed by atoms with Crippen molar-refractivity contribution in [3.63, 3.8) is 0 Å². The summed E-state index contributed by atoms with van der Waals surface area (Å²) in [5.41, 5.74) is 9.81. The monoisotopic (exact) mass is 592 g/mol. The fourth-order valence-electron chi connectivity index (χ4n) is 7.33. The van der Waals surface area contributed by atoms with E-state index in [1.807, 2.05) is 6.08 Å². The molecule has 5 rings (SSSR count). The van der Waals surface area contributed by atoms with Crippen molar-refractivity contribution < 1.29 is 14.4 Å². The predicted octanol–water partition coefficient (Wildman–Crippen LogP) is 9.39. The maximum absolute atomic E-state index is 11.0. The predicted molar refractivity (Wildman–Crippen MR) is 187 cm³/mol. The topological polar surface area (TPSA) is 38.7 Å². The fraction of sp³-hybridized carbons (Fsp3) is 0.500. The van der Waals surface area contributed by atoms with Crippen molar-refractivity contribution in [3.05, 3.63) is 94.1 Å². The molecule has 44 heavy (non-hydrogen) atoms. The summed E-state index contributed by atoms with van der Waals surface area (Å²) >= 11 is 0. The van der Waals surface area contributed by atoms with E-state index in [0.717, 1.165) is 44.0 Å². The van der Waals surface area contributed by atoms with Gasteiger partial charge in [-0.25, -0.2) is 0 Å². The fourth-order valence-corrected chi connectivity index (χ4v) is 7.33. The number of rotatable bonds is 8. The van der Waals surface area contributed by atoms with E-state index in [-0.39, 0.29) is 23.7 Å². The third-order valence-electron chi connectivity index (χ3n) is 11.2. The molecule has 2 aliphatic rings. The van der Waals surface area contributed by atoms with E-state index in [9.17, 15) is 5.11 Å². The zero-order valence-corrected chi connectivity index (χ0v) is 28.6. The molecule has 1 aliphatic carbocycles. The van der Waals surface area contributed by atoms with Crippen LogP contribution in [0.15, 0.2) is 60.7 Å². The Labute approximate surface area is 267 Å². The first-order chi connectivity index (χ1) is 20.7. The Morgan fingerprint density at radius 1 is 0.750 bits per heavy atom. The molecule has 234 valence electrons. The minimum atomic E-state index is -0.649. The lowest BCUT2D eigenvalue weighted by Crippen LogP contribution is -2.41. The van der Waals surface area contributed by atoms with Gasteiger partial charge in [-0.2, -0.15) is 0 Å². The van der Waals surface area contributed by atoms with Gasteiger partial charge in [0.25, 0.3) is 0 Å². The van der Waals surface area contributed by atoms with Crippen molar-refractivity contribution in [1.82, 2.24) is 0 Å². The second-order valence-electron chi connectivity index (χ2n) is 14.5. The molecule has 3 aromatic carbocycles. The lowest BCUT2D eigenvalue weighted by Gasteiger charge is -2.34. The maximum Gasteiger partial charge on any atom is 0.495 e.